The van der Waals surface area contributed by atoms with Crippen LogP contribution in [0.15, 0.2) is 79.1 Å². The fourth-order valence-electron chi connectivity index (χ4n) is 4.05. The second-order valence-corrected chi connectivity index (χ2v) is 7.20. The molecule has 0 saturated heterocycles. The lowest BCUT2D eigenvalue weighted by Gasteiger charge is -2.34. The number of allylic oxidation sites excluding steroid dienone is 1. The predicted molar refractivity (Wildman–Crippen MR) is 108 cm³/mol. The summed E-state index contributed by atoms with van der Waals surface area (Å²) in [6.07, 6.45) is 8.24. The van der Waals surface area contributed by atoms with Gasteiger partial charge < -0.3 is 0 Å². The van der Waals surface area contributed by atoms with Crippen molar-refractivity contribution in [2.24, 2.45) is 0 Å². The zero-order valence-electron chi connectivity index (χ0n) is 15.4. The average Bonchev–Trinajstić information content (AvgIpc) is 3.18. The molecule has 0 fully saturated rings. The highest BCUT2D eigenvalue weighted by Gasteiger charge is 2.36. The van der Waals surface area contributed by atoms with Gasteiger partial charge in [-0.2, -0.15) is 5.10 Å². The summed E-state index contributed by atoms with van der Waals surface area (Å²) in [6.45, 7) is 0. The Morgan fingerprint density at radius 1 is 0.793 bits per heavy atom. The minimum atomic E-state index is -0.545. The highest BCUT2D eigenvalue weighted by Crippen LogP contribution is 2.43. The maximum absolute atomic E-state index is 13.6. The smallest absolute Gasteiger partial charge is 0.123 e. The molecule has 0 saturated carbocycles. The number of hydrogen-bond donors (Lipinski definition) is 1. The summed E-state index contributed by atoms with van der Waals surface area (Å²) < 4.78 is 27.2. The third-order valence-corrected chi connectivity index (χ3v) is 5.55. The van der Waals surface area contributed by atoms with Crippen LogP contribution in [0.1, 0.15) is 22.4 Å². The summed E-state index contributed by atoms with van der Waals surface area (Å²) in [7, 11) is 0. The second kappa shape index (κ2) is 6.78. The Kier molecular flexibility index (Phi) is 4.09. The Hall–Kier alpha value is -3.60. The molecule has 0 unspecified atom stereocenters. The number of halogens is 2. The van der Waals surface area contributed by atoms with Crippen LogP contribution in [0.25, 0.3) is 17.3 Å². The molecule has 3 nitrogen and oxygen atoms in total. The number of aromatic nitrogens is 3. The van der Waals surface area contributed by atoms with Crippen molar-refractivity contribution in [1.29, 1.82) is 0 Å². The van der Waals surface area contributed by atoms with Gasteiger partial charge >= 0.3 is 0 Å². The Morgan fingerprint density at radius 2 is 1.38 bits per heavy atom. The van der Waals surface area contributed by atoms with Crippen LogP contribution >= 0.6 is 0 Å². The molecule has 2 aromatic heterocycles. The molecule has 142 valence electrons. The Bertz CT molecular complexity index is 1130. The normalized spacial score (nSPS) is 14.6. The van der Waals surface area contributed by atoms with Crippen molar-refractivity contribution in [3.8, 4) is 11.3 Å². The Labute approximate surface area is 166 Å². The van der Waals surface area contributed by atoms with E-state index < -0.39 is 5.41 Å². The molecule has 0 radical (unpaired) electrons. The summed E-state index contributed by atoms with van der Waals surface area (Å²) in [5, 5.41) is 7.70. The SMILES string of the molecule is Fc1ccc(C2(c3ccc(F)cc3)C=Cc3c(-c4ccncc4)n[nH]c3C2)cc1. The molecule has 1 aliphatic carbocycles. The van der Waals surface area contributed by atoms with Gasteiger partial charge in [0.05, 0.1) is 5.69 Å². The molecule has 1 aliphatic rings. The molecule has 0 amide bonds. The maximum atomic E-state index is 13.6. The predicted octanol–water partition coefficient (Wildman–Crippen LogP) is 5.31. The lowest BCUT2D eigenvalue weighted by atomic mass is 9.68. The fourth-order valence-corrected chi connectivity index (χ4v) is 4.05. The summed E-state index contributed by atoms with van der Waals surface area (Å²) in [4.78, 5) is 4.07. The lowest BCUT2D eigenvalue weighted by Crippen LogP contribution is -2.30. The van der Waals surface area contributed by atoms with Crippen LogP contribution in [0, 0.1) is 11.6 Å². The summed E-state index contributed by atoms with van der Waals surface area (Å²) >= 11 is 0. The molecule has 5 heteroatoms. The van der Waals surface area contributed by atoms with E-state index in [4.69, 9.17) is 0 Å². The number of nitrogens with zero attached hydrogens (tertiary/aromatic N) is 2. The first-order valence-corrected chi connectivity index (χ1v) is 9.35. The number of benzene rings is 2. The number of nitrogens with one attached hydrogen (secondary N) is 1. The number of rotatable bonds is 3. The van der Waals surface area contributed by atoms with Crippen molar-refractivity contribution in [2.45, 2.75) is 11.8 Å². The van der Waals surface area contributed by atoms with Gasteiger partial charge in [0.1, 0.15) is 11.6 Å². The summed E-state index contributed by atoms with van der Waals surface area (Å²) in [5.74, 6) is -0.574. The monoisotopic (exact) mass is 385 g/mol. The van der Waals surface area contributed by atoms with Gasteiger partial charge in [-0.15, -0.1) is 0 Å². The van der Waals surface area contributed by atoms with Crippen LogP contribution in [0.2, 0.25) is 0 Å². The van der Waals surface area contributed by atoms with Crippen molar-refractivity contribution >= 4 is 6.08 Å². The van der Waals surface area contributed by atoms with E-state index in [-0.39, 0.29) is 11.6 Å². The quantitative estimate of drug-likeness (QED) is 0.520. The highest BCUT2D eigenvalue weighted by molar-refractivity contribution is 5.76. The van der Waals surface area contributed by atoms with Crippen LogP contribution in [0.3, 0.4) is 0 Å². The lowest BCUT2D eigenvalue weighted by molar-refractivity contribution is 0.599. The zero-order chi connectivity index (χ0) is 19.8. The largest absolute Gasteiger partial charge is 0.281 e. The van der Waals surface area contributed by atoms with Gasteiger partial charge in [-0.3, -0.25) is 10.1 Å². The molecule has 4 aromatic rings. The molecule has 5 rings (SSSR count). The van der Waals surface area contributed by atoms with E-state index in [1.807, 2.05) is 18.2 Å². The van der Waals surface area contributed by atoms with Gasteiger partial charge in [-0.25, -0.2) is 8.78 Å². The third kappa shape index (κ3) is 2.95. The van der Waals surface area contributed by atoms with Crippen molar-refractivity contribution in [1.82, 2.24) is 15.2 Å². The molecule has 2 aromatic carbocycles. The molecule has 1 N–H and O–H groups in total. The minimum absolute atomic E-state index is 0.287. The standard InChI is InChI=1S/C24H17F2N3/c25-19-5-1-17(2-6-19)24(18-3-7-20(26)8-4-18)12-9-21-22(15-24)28-29-23(21)16-10-13-27-14-11-16/h1-14H,15H2,(H,28,29). The van der Waals surface area contributed by atoms with Crippen molar-refractivity contribution in [2.75, 3.05) is 0 Å². The Balaban J connectivity index is 1.65. The van der Waals surface area contributed by atoms with Crippen LogP contribution in [-0.4, -0.2) is 15.2 Å². The van der Waals surface area contributed by atoms with Crippen LogP contribution in [0.4, 0.5) is 8.78 Å². The van der Waals surface area contributed by atoms with Crippen molar-refractivity contribution in [3.05, 3.63) is 113 Å². The number of H-pyrrole nitrogens is 1. The van der Waals surface area contributed by atoms with Crippen LogP contribution in [0.5, 0.6) is 0 Å². The molecule has 0 atom stereocenters. The van der Waals surface area contributed by atoms with Crippen molar-refractivity contribution < 1.29 is 8.78 Å². The van der Waals surface area contributed by atoms with Crippen LogP contribution in [-0.2, 0) is 11.8 Å². The summed E-state index contributed by atoms with van der Waals surface area (Å²) in [6, 6.07) is 16.8. The van der Waals surface area contributed by atoms with Gasteiger partial charge in [-0.05, 0) is 47.5 Å². The summed E-state index contributed by atoms with van der Waals surface area (Å²) in [5.41, 5.74) is 5.18. The van der Waals surface area contributed by atoms with Crippen molar-refractivity contribution in [3.63, 3.8) is 0 Å². The van der Waals surface area contributed by atoms with Gasteiger partial charge in [0, 0.05) is 41.1 Å². The fraction of sp³-hybridized carbons (Fsp3) is 0.0833. The molecule has 0 aliphatic heterocycles. The van der Waals surface area contributed by atoms with E-state index in [2.05, 4.69) is 21.3 Å². The maximum Gasteiger partial charge on any atom is 0.123 e. The molecular formula is C24H17F2N3. The van der Waals surface area contributed by atoms with E-state index >= 15 is 0 Å². The number of aromatic amines is 1. The third-order valence-electron chi connectivity index (χ3n) is 5.55. The van der Waals surface area contributed by atoms with E-state index in [0.717, 1.165) is 33.6 Å². The molecule has 0 bridgehead atoms. The van der Waals surface area contributed by atoms with Crippen LogP contribution < -0.4 is 0 Å². The van der Waals surface area contributed by atoms with Gasteiger partial charge in [0.2, 0.25) is 0 Å². The molecule has 0 spiro atoms. The minimum Gasteiger partial charge on any atom is -0.281 e. The highest BCUT2D eigenvalue weighted by atomic mass is 19.1. The first-order chi connectivity index (χ1) is 14.2. The van der Waals surface area contributed by atoms with E-state index in [1.54, 1.807) is 36.7 Å². The molecular weight excluding hydrogens is 368 g/mol. The molecule has 29 heavy (non-hydrogen) atoms. The first-order valence-electron chi connectivity index (χ1n) is 9.35. The Morgan fingerprint density at radius 3 is 1.97 bits per heavy atom. The van der Waals surface area contributed by atoms with E-state index in [0.29, 0.717) is 6.42 Å². The molecule has 2 heterocycles. The number of pyridine rings is 1. The average molecular weight is 385 g/mol. The number of hydrogen-bond acceptors (Lipinski definition) is 2. The topological polar surface area (TPSA) is 41.6 Å². The zero-order valence-corrected chi connectivity index (χ0v) is 15.4. The second-order valence-electron chi connectivity index (χ2n) is 7.20. The van der Waals surface area contributed by atoms with Gasteiger partial charge in [-0.1, -0.05) is 36.4 Å². The first kappa shape index (κ1) is 17.5. The van der Waals surface area contributed by atoms with E-state index in [9.17, 15) is 8.78 Å². The van der Waals surface area contributed by atoms with Gasteiger partial charge in [0.25, 0.3) is 0 Å². The van der Waals surface area contributed by atoms with Gasteiger partial charge in [0.15, 0.2) is 0 Å². The number of fused-ring (bicyclic) bond motifs is 1. The van der Waals surface area contributed by atoms with E-state index in [1.165, 1.54) is 24.3 Å².